The molecule has 14 heteroatoms. The number of aliphatic hydroxyl groups is 2. The first kappa shape index (κ1) is 21.1. The Kier molecular flexibility index (Phi) is 9.37. The largest absolute Gasteiger partial charge is 0.393 e. The maximum absolute atomic E-state index is 9.45. The van der Waals surface area contributed by atoms with Crippen molar-refractivity contribution in [2.45, 2.75) is 68.5 Å². The summed E-state index contributed by atoms with van der Waals surface area (Å²) in [6.45, 7) is 0. The normalized spacial score (nSPS) is 32.5. The van der Waals surface area contributed by atoms with Crippen LogP contribution in [-0.4, -0.2) is 46.6 Å². The first-order valence-electron chi connectivity index (χ1n) is 7.95. The molecule has 0 bridgehead atoms. The fourth-order valence-corrected chi connectivity index (χ4v) is 2.91. The van der Waals surface area contributed by atoms with E-state index in [0.29, 0.717) is 25.7 Å². The van der Waals surface area contributed by atoms with Gasteiger partial charge < -0.3 is 10.2 Å². The fourth-order valence-electron chi connectivity index (χ4n) is 2.91. The number of rotatable bonds is 4. The van der Waals surface area contributed by atoms with Crippen molar-refractivity contribution in [1.82, 2.24) is 0 Å². The lowest BCUT2D eigenvalue weighted by Gasteiger charge is -2.28. The second-order valence-electron chi connectivity index (χ2n) is 5.74. The van der Waals surface area contributed by atoms with Gasteiger partial charge in [-0.15, -0.1) is 0 Å². The molecule has 2 aliphatic rings. The van der Waals surface area contributed by atoms with Crippen molar-refractivity contribution >= 4 is 0 Å². The maximum Gasteiger partial charge on any atom is 0.203 e. The average molecular weight is 363 g/mol. The first-order valence-corrected chi connectivity index (χ1v) is 7.95. The number of azide groups is 4. The van der Waals surface area contributed by atoms with Crippen LogP contribution >= 0.6 is 0 Å². The van der Waals surface area contributed by atoms with E-state index in [0.717, 1.165) is 6.42 Å². The predicted molar refractivity (Wildman–Crippen MR) is 91.1 cm³/mol. The zero-order valence-corrected chi connectivity index (χ0v) is 13.8. The van der Waals surface area contributed by atoms with Gasteiger partial charge in [-0.1, -0.05) is 26.9 Å². The van der Waals surface area contributed by atoms with Gasteiger partial charge in [-0.05, 0) is 41.4 Å². The van der Waals surface area contributed by atoms with Gasteiger partial charge in [0.15, 0.2) is 0 Å². The lowest BCUT2D eigenvalue weighted by Crippen LogP contribution is -2.38. The molecule has 2 saturated carbocycles. The standard InChI is InChI=1S/C6H10N6O.C6H9N6O/c2*7-11-9-4-2-1-3-5(13)6(4)10-12-8/h4-6,13H,1-3H2;3-6,13H,1-2H2/q;+1/t2*4-,5+,6-/m10/s1. The Hall–Kier alpha value is -2.97. The number of hydrogen-bond donors (Lipinski definition) is 2. The molecule has 0 aromatic heterocycles. The third kappa shape index (κ3) is 6.15. The van der Waals surface area contributed by atoms with Crippen LogP contribution in [0.2, 0.25) is 0 Å². The maximum atomic E-state index is 9.45. The Bertz CT molecular complexity index is 589. The molecule has 2 fully saturated rings. The second-order valence-corrected chi connectivity index (χ2v) is 5.74. The average Bonchev–Trinajstić information content (AvgIpc) is 2.62. The summed E-state index contributed by atoms with van der Waals surface area (Å²) in [5, 5.41) is 32.6. The Morgan fingerprint density at radius 1 is 0.731 bits per heavy atom. The molecule has 2 N–H and O–H groups in total. The molecule has 26 heavy (non-hydrogen) atoms. The third-order valence-electron chi connectivity index (χ3n) is 4.17. The summed E-state index contributed by atoms with van der Waals surface area (Å²) in [5.41, 5.74) is 32.9. The highest BCUT2D eigenvalue weighted by atomic mass is 16.3. The van der Waals surface area contributed by atoms with Crippen molar-refractivity contribution in [1.29, 1.82) is 0 Å². The molecule has 0 heterocycles. The summed E-state index contributed by atoms with van der Waals surface area (Å²) in [5.74, 6) is 0. The summed E-state index contributed by atoms with van der Waals surface area (Å²) < 4.78 is 0. The zero-order valence-electron chi connectivity index (χ0n) is 13.8. The molecule has 0 aromatic rings. The van der Waals surface area contributed by atoms with Crippen molar-refractivity contribution in [3.05, 3.63) is 48.2 Å². The number of aliphatic hydroxyl groups excluding tert-OH is 2. The minimum absolute atomic E-state index is 0.398. The van der Waals surface area contributed by atoms with E-state index in [1.165, 1.54) is 0 Å². The summed E-state index contributed by atoms with van der Waals surface area (Å²) in [4.78, 5) is 10.5. The minimum Gasteiger partial charge on any atom is -0.393 e. The molecule has 0 spiro atoms. The highest BCUT2D eigenvalue weighted by molar-refractivity contribution is 5.00. The van der Waals surface area contributed by atoms with Crippen molar-refractivity contribution < 1.29 is 10.2 Å². The van der Waals surface area contributed by atoms with Crippen LogP contribution in [0.4, 0.5) is 0 Å². The number of nitrogens with zero attached hydrogens (tertiary/aromatic N) is 12. The first-order chi connectivity index (χ1) is 12.6. The molecule has 0 radical (unpaired) electrons. The van der Waals surface area contributed by atoms with Crippen LogP contribution in [0.25, 0.3) is 41.8 Å². The van der Waals surface area contributed by atoms with Crippen LogP contribution in [0.1, 0.15) is 32.1 Å². The van der Waals surface area contributed by atoms with Gasteiger partial charge >= 0.3 is 0 Å². The van der Waals surface area contributed by atoms with Crippen LogP contribution in [0.3, 0.4) is 0 Å². The minimum atomic E-state index is -0.805. The van der Waals surface area contributed by atoms with Crippen molar-refractivity contribution in [3.63, 3.8) is 0 Å². The Labute approximate surface area is 148 Å². The molecule has 0 aromatic carbocycles. The van der Waals surface area contributed by atoms with Gasteiger partial charge in [0.05, 0.1) is 24.6 Å². The van der Waals surface area contributed by atoms with E-state index in [-0.39, 0.29) is 0 Å². The van der Waals surface area contributed by atoms with Crippen LogP contribution < -0.4 is 0 Å². The molecule has 0 aliphatic heterocycles. The van der Waals surface area contributed by atoms with Gasteiger partial charge in [-0.25, -0.2) is 0 Å². The Morgan fingerprint density at radius 3 is 1.85 bits per heavy atom. The molecule has 6 atom stereocenters. The smallest absolute Gasteiger partial charge is 0.203 e. The van der Waals surface area contributed by atoms with E-state index in [2.05, 4.69) is 40.1 Å². The van der Waals surface area contributed by atoms with Gasteiger partial charge in [0.1, 0.15) is 12.5 Å². The van der Waals surface area contributed by atoms with Crippen LogP contribution in [0.15, 0.2) is 20.5 Å². The van der Waals surface area contributed by atoms with E-state index in [1.54, 1.807) is 6.42 Å². The van der Waals surface area contributed by atoms with E-state index >= 15 is 0 Å². The predicted octanol–water partition coefficient (Wildman–Crippen LogP) is 3.59. The molecule has 2 aliphatic carbocycles. The molecule has 0 saturated heterocycles. The molecule has 0 unspecified atom stereocenters. The highest BCUT2D eigenvalue weighted by Crippen LogP contribution is 2.25. The monoisotopic (exact) mass is 363 g/mol. The Morgan fingerprint density at radius 2 is 1.27 bits per heavy atom. The third-order valence-corrected chi connectivity index (χ3v) is 4.17. The molecule has 138 valence electrons. The second kappa shape index (κ2) is 11.6. The van der Waals surface area contributed by atoms with Crippen LogP contribution in [-0.2, 0) is 0 Å². The molecular formula is C12H19N12O2+. The van der Waals surface area contributed by atoms with E-state index in [1.807, 2.05) is 0 Å². The van der Waals surface area contributed by atoms with E-state index in [4.69, 9.17) is 22.1 Å². The summed E-state index contributed by atoms with van der Waals surface area (Å²) >= 11 is 0. The topological polar surface area (TPSA) is 235 Å². The SMILES string of the molecule is [N-]=[N+]=N[C@@H]1[C@H](O)[CH+]CC[C@@H]1N=[N+]=[N-].[N-]=[N+]=N[C@H]1[C@@H](O)CCC[C@H]1N=[N+]=[N-]. The number of hydrogen-bond acceptors (Lipinski definition) is 6. The van der Waals surface area contributed by atoms with Gasteiger partial charge in [0.25, 0.3) is 0 Å². The summed E-state index contributed by atoms with van der Waals surface area (Å²) in [6, 6.07) is -2.09. The van der Waals surface area contributed by atoms with Gasteiger partial charge in [0.2, 0.25) is 6.10 Å². The van der Waals surface area contributed by atoms with Crippen LogP contribution in [0, 0.1) is 6.42 Å². The quantitative estimate of drug-likeness (QED) is 0.329. The lowest BCUT2D eigenvalue weighted by atomic mass is 9.89. The van der Waals surface area contributed by atoms with Gasteiger partial charge in [-0.3, -0.25) is 0 Å². The summed E-state index contributed by atoms with van der Waals surface area (Å²) in [7, 11) is 0. The Balaban J connectivity index is 0.000000260. The lowest BCUT2D eigenvalue weighted by molar-refractivity contribution is 0.0978. The zero-order chi connectivity index (χ0) is 19.4. The van der Waals surface area contributed by atoms with E-state index in [9.17, 15) is 10.2 Å². The van der Waals surface area contributed by atoms with Crippen molar-refractivity contribution in [2.24, 2.45) is 20.5 Å². The van der Waals surface area contributed by atoms with Crippen molar-refractivity contribution in [2.75, 3.05) is 0 Å². The van der Waals surface area contributed by atoms with Crippen LogP contribution in [0.5, 0.6) is 0 Å². The van der Waals surface area contributed by atoms with E-state index < -0.39 is 36.4 Å². The summed E-state index contributed by atoms with van der Waals surface area (Å²) in [6.07, 6.45) is 3.52. The molecule has 2 rings (SSSR count). The molecule has 14 nitrogen and oxygen atoms in total. The molecular weight excluding hydrogens is 344 g/mol. The highest BCUT2D eigenvalue weighted by Gasteiger charge is 2.37. The fraction of sp³-hybridized carbons (Fsp3) is 0.917. The van der Waals surface area contributed by atoms with Gasteiger partial charge in [-0.2, -0.15) is 0 Å². The molecule has 0 amide bonds. The van der Waals surface area contributed by atoms with Crippen molar-refractivity contribution in [3.8, 4) is 0 Å². The van der Waals surface area contributed by atoms with Gasteiger partial charge in [0, 0.05) is 25.7 Å².